The van der Waals surface area contributed by atoms with Crippen LogP contribution in [-0.4, -0.2) is 5.11 Å². The molecule has 0 fully saturated rings. The van der Waals surface area contributed by atoms with Crippen LogP contribution in [0.4, 0.5) is 0 Å². The van der Waals surface area contributed by atoms with Gasteiger partial charge in [-0.3, -0.25) is 0 Å². The third-order valence-electron chi connectivity index (χ3n) is 5.69. The minimum absolute atomic E-state index is 0.227. The zero-order valence-corrected chi connectivity index (χ0v) is 17.8. The van der Waals surface area contributed by atoms with Crippen LogP contribution in [0.2, 0.25) is 0 Å². The van der Waals surface area contributed by atoms with Crippen molar-refractivity contribution in [3.8, 4) is 17.1 Å². The van der Waals surface area contributed by atoms with Crippen molar-refractivity contribution in [2.75, 3.05) is 0 Å². The number of benzene rings is 2. The van der Waals surface area contributed by atoms with Gasteiger partial charge in [-0.05, 0) is 48.7 Å². The number of aromatic hydroxyl groups is 1. The maximum Gasteiger partial charge on any atom is 0.364 e. The van der Waals surface area contributed by atoms with Gasteiger partial charge in [0.1, 0.15) is 5.75 Å². The van der Waals surface area contributed by atoms with Crippen LogP contribution in [-0.2, 0) is 6.42 Å². The molecule has 0 unspecified atom stereocenters. The Morgan fingerprint density at radius 2 is 1.31 bits per heavy atom. The second-order valence-electron chi connectivity index (χ2n) is 8.15. The molecule has 0 aliphatic heterocycles. The number of unbranched alkanes of at least 4 members (excludes halogenated alkanes) is 9. The Bertz CT molecular complexity index is 867. The zero-order chi connectivity index (χ0) is 20.3. The minimum atomic E-state index is 0.227. The van der Waals surface area contributed by atoms with Crippen molar-refractivity contribution >= 4 is 11.0 Å². The lowest BCUT2D eigenvalue weighted by atomic mass is 10.0. The number of phenolic OH excluding ortho intramolecular Hbond substituents is 1. The predicted molar refractivity (Wildman–Crippen MR) is 123 cm³/mol. The van der Waals surface area contributed by atoms with Gasteiger partial charge in [-0.15, -0.1) is 0 Å². The summed E-state index contributed by atoms with van der Waals surface area (Å²) < 4.78 is 5.98. The summed E-state index contributed by atoms with van der Waals surface area (Å²) >= 11 is 0. The fraction of sp³-hybridized carbons (Fsp3) is 0.444. The first-order valence-electron chi connectivity index (χ1n) is 11.4. The molecule has 0 atom stereocenters. The molecule has 0 aliphatic rings. The predicted octanol–water partition coefficient (Wildman–Crippen LogP) is 8.55. The van der Waals surface area contributed by atoms with Crippen LogP contribution in [0.25, 0.3) is 22.3 Å². The van der Waals surface area contributed by atoms with E-state index < -0.39 is 0 Å². The second-order valence-corrected chi connectivity index (χ2v) is 8.15. The highest BCUT2D eigenvalue weighted by Gasteiger charge is 2.14. The average Bonchev–Trinajstić information content (AvgIpc) is 2.75. The zero-order valence-electron chi connectivity index (χ0n) is 17.8. The van der Waals surface area contributed by atoms with Gasteiger partial charge in [0.05, 0.1) is 17.0 Å². The van der Waals surface area contributed by atoms with Crippen LogP contribution >= 0.6 is 0 Å². The summed E-state index contributed by atoms with van der Waals surface area (Å²) in [6.07, 6.45) is 14.9. The van der Waals surface area contributed by atoms with E-state index in [0.717, 1.165) is 23.1 Å². The molecule has 1 N–H and O–H groups in total. The molecule has 0 radical (unpaired) electrons. The average molecular weight is 392 g/mol. The summed E-state index contributed by atoms with van der Waals surface area (Å²) in [7, 11) is 0. The van der Waals surface area contributed by atoms with E-state index in [1.807, 2.05) is 18.2 Å². The van der Waals surface area contributed by atoms with Gasteiger partial charge in [0.2, 0.25) is 0 Å². The van der Waals surface area contributed by atoms with Crippen molar-refractivity contribution in [3.63, 3.8) is 0 Å². The maximum absolute atomic E-state index is 9.66. The molecule has 3 aromatic rings. The second kappa shape index (κ2) is 11.6. The van der Waals surface area contributed by atoms with Crippen LogP contribution in [0.1, 0.15) is 76.7 Å². The lowest BCUT2D eigenvalue weighted by Gasteiger charge is -2.03. The maximum atomic E-state index is 9.66. The van der Waals surface area contributed by atoms with Crippen molar-refractivity contribution in [1.82, 2.24) is 0 Å². The van der Waals surface area contributed by atoms with Gasteiger partial charge >= 0.3 is 11.3 Å². The Labute approximate surface area is 175 Å². The normalized spacial score (nSPS) is 11.2. The fourth-order valence-corrected chi connectivity index (χ4v) is 3.87. The molecule has 0 aliphatic carbocycles. The number of phenols is 1. The Morgan fingerprint density at radius 3 is 2.00 bits per heavy atom. The molecule has 0 spiro atoms. The molecular weight excluding hydrogens is 356 g/mol. The summed E-state index contributed by atoms with van der Waals surface area (Å²) in [5.41, 5.74) is 3.17. The molecular formula is C27H35O2+. The number of hydrogen-bond donors (Lipinski definition) is 1. The standard InChI is InChI=1S/C27H34O2/c1-2-3-4-5-6-7-8-9-10-11-12-22-13-15-23(16-14-22)26-20-18-24-17-19-25(28)21-27(24)29-26/h13-21H,2-12H2,1H3/p+1. The van der Waals surface area contributed by atoms with Gasteiger partial charge in [-0.1, -0.05) is 76.8 Å². The third kappa shape index (κ3) is 6.88. The van der Waals surface area contributed by atoms with Crippen LogP contribution in [0, 0.1) is 0 Å². The summed E-state index contributed by atoms with van der Waals surface area (Å²) in [6.45, 7) is 2.28. The molecule has 0 bridgehead atoms. The molecule has 154 valence electrons. The molecule has 0 saturated carbocycles. The SMILES string of the molecule is CCCCCCCCCCCCc1ccc(-c2ccc3ccc(O)cc3[o+]2)cc1. The van der Waals surface area contributed by atoms with E-state index in [2.05, 4.69) is 31.2 Å². The van der Waals surface area contributed by atoms with Crippen LogP contribution in [0.15, 0.2) is 59.0 Å². The molecule has 1 aromatic heterocycles. The lowest BCUT2D eigenvalue weighted by Crippen LogP contribution is -1.87. The molecule has 2 aromatic carbocycles. The van der Waals surface area contributed by atoms with Gasteiger partial charge in [0.25, 0.3) is 0 Å². The molecule has 2 nitrogen and oxygen atoms in total. The Hall–Kier alpha value is -2.35. The highest BCUT2D eigenvalue weighted by atomic mass is 16.3. The smallest absolute Gasteiger partial charge is 0.364 e. The summed E-state index contributed by atoms with van der Waals surface area (Å²) in [6, 6.07) is 17.9. The number of aryl methyl sites for hydroxylation is 1. The van der Waals surface area contributed by atoms with Crippen LogP contribution in [0.5, 0.6) is 5.75 Å². The van der Waals surface area contributed by atoms with E-state index in [-0.39, 0.29) is 5.75 Å². The van der Waals surface area contributed by atoms with Crippen molar-refractivity contribution < 1.29 is 9.52 Å². The van der Waals surface area contributed by atoms with E-state index in [4.69, 9.17) is 4.42 Å². The highest BCUT2D eigenvalue weighted by molar-refractivity contribution is 5.80. The van der Waals surface area contributed by atoms with Gasteiger partial charge in [0.15, 0.2) is 0 Å². The fourth-order valence-electron chi connectivity index (χ4n) is 3.87. The quantitative estimate of drug-likeness (QED) is 0.248. The highest BCUT2D eigenvalue weighted by Crippen LogP contribution is 2.27. The minimum Gasteiger partial charge on any atom is -0.508 e. The van der Waals surface area contributed by atoms with Crippen molar-refractivity contribution in [2.24, 2.45) is 0 Å². The molecule has 3 rings (SSSR count). The number of hydrogen-bond acceptors (Lipinski definition) is 1. The van der Waals surface area contributed by atoms with E-state index >= 15 is 0 Å². The van der Waals surface area contributed by atoms with Crippen molar-refractivity contribution in [2.45, 2.75) is 77.6 Å². The Balaban J connectivity index is 1.40. The molecule has 2 heteroatoms. The van der Waals surface area contributed by atoms with E-state index in [1.54, 1.807) is 12.1 Å². The monoisotopic (exact) mass is 391 g/mol. The van der Waals surface area contributed by atoms with E-state index in [1.165, 1.54) is 69.8 Å². The first-order valence-corrected chi connectivity index (χ1v) is 11.4. The first kappa shape index (κ1) is 21.4. The Kier molecular flexibility index (Phi) is 8.55. The molecule has 0 amide bonds. The summed E-state index contributed by atoms with van der Waals surface area (Å²) in [4.78, 5) is 0. The number of rotatable bonds is 12. The first-order chi connectivity index (χ1) is 14.3. The van der Waals surface area contributed by atoms with Gasteiger partial charge in [0, 0.05) is 6.07 Å². The molecule has 1 heterocycles. The summed E-state index contributed by atoms with van der Waals surface area (Å²) in [5.74, 6) is 1.05. The van der Waals surface area contributed by atoms with Gasteiger partial charge < -0.3 is 5.11 Å². The topological polar surface area (TPSA) is 31.5 Å². The molecule has 0 saturated heterocycles. The van der Waals surface area contributed by atoms with E-state index in [0.29, 0.717) is 5.58 Å². The van der Waals surface area contributed by atoms with E-state index in [9.17, 15) is 5.11 Å². The van der Waals surface area contributed by atoms with Crippen LogP contribution in [0.3, 0.4) is 0 Å². The largest absolute Gasteiger partial charge is 0.508 e. The van der Waals surface area contributed by atoms with Gasteiger partial charge in [-0.2, -0.15) is 0 Å². The van der Waals surface area contributed by atoms with Crippen molar-refractivity contribution in [3.05, 3.63) is 60.2 Å². The number of fused-ring (bicyclic) bond motifs is 1. The third-order valence-corrected chi connectivity index (χ3v) is 5.69. The lowest BCUT2D eigenvalue weighted by molar-refractivity contribution is 0.474. The summed E-state index contributed by atoms with van der Waals surface area (Å²) in [5, 5.41) is 10.7. The van der Waals surface area contributed by atoms with Gasteiger partial charge in [-0.25, -0.2) is 4.42 Å². The van der Waals surface area contributed by atoms with Crippen LogP contribution < -0.4 is 0 Å². The molecule has 29 heavy (non-hydrogen) atoms. The van der Waals surface area contributed by atoms with Crippen molar-refractivity contribution in [1.29, 1.82) is 0 Å². The Morgan fingerprint density at radius 1 is 0.690 bits per heavy atom.